The SMILES string of the molecule is COCC(C)NC(=O)CSc1nnc2cc(C)c3ccccc3n12. The lowest BCUT2D eigenvalue weighted by Gasteiger charge is -2.12. The molecule has 0 aliphatic heterocycles. The van der Waals surface area contributed by atoms with Gasteiger partial charge in [0.1, 0.15) is 0 Å². The molecule has 1 amide bonds. The molecule has 0 aliphatic carbocycles. The summed E-state index contributed by atoms with van der Waals surface area (Å²) in [5.41, 5.74) is 3.00. The summed E-state index contributed by atoms with van der Waals surface area (Å²) in [5, 5.41) is 13.3. The number of nitrogens with zero attached hydrogens (tertiary/aromatic N) is 3. The molecule has 1 atom stereocenters. The Hall–Kier alpha value is -2.12. The maximum Gasteiger partial charge on any atom is 0.230 e. The molecular weight excluding hydrogens is 324 g/mol. The number of aryl methyl sites for hydroxylation is 1. The standard InChI is InChI=1S/C17H20N4O2S/c1-11-8-15-19-20-17(21(15)14-7-5-4-6-13(11)14)24-10-16(22)18-12(2)9-23-3/h4-8,12H,9-10H2,1-3H3,(H,18,22). The molecule has 1 unspecified atom stereocenters. The van der Waals surface area contributed by atoms with Crippen molar-refractivity contribution >= 4 is 34.2 Å². The lowest BCUT2D eigenvalue weighted by Crippen LogP contribution is -2.36. The first-order chi connectivity index (χ1) is 11.6. The van der Waals surface area contributed by atoms with Crippen LogP contribution in [-0.2, 0) is 9.53 Å². The number of methoxy groups -OCH3 is 1. The number of hydrogen-bond donors (Lipinski definition) is 1. The Balaban J connectivity index is 1.83. The van der Waals surface area contributed by atoms with Crippen LogP contribution in [0.3, 0.4) is 0 Å². The maximum absolute atomic E-state index is 12.0. The molecule has 0 saturated carbocycles. The highest BCUT2D eigenvalue weighted by Crippen LogP contribution is 2.25. The highest BCUT2D eigenvalue weighted by atomic mass is 32.2. The van der Waals surface area contributed by atoms with E-state index in [1.54, 1.807) is 7.11 Å². The van der Waals surface area contributed by atoms with Gasteiger partial charge in [-0.05, 0) is 31.5 Å². The summed E-state index contributed by atoms with van der Waals surface area (Å²) in [6, 6.07) is 10.1. The van der Waals surface area contributed by atoms with Crippen molar-refractivity contribution in [3.05, 3.63) is 35.9 Å². The van der Waals surface area contributed by atoms with Crippen molar-refractivity contribution in [3.63, 3.8) is 0 Å². The van der Waals surface area contributed by atoms with Crippen LogP contribution in [0.1, 0.15) is 12.5 Å². The van der Waals surface area contributed by atoms with Crippen molar-refractivity contribution < 1.29 is 9.53 Å². The van der Waals surface area contributed by atoms with Crippen LogP contribution in [0.4, 0.5) is 0 Å². The number of benzene rings is 1. The molecule has 0 fully saturated rings. The summed E-state index contributed by atoms with van der Waals surface area (Å²) in [4.78, 5) is 12.0. The number of fused-ring (bicyclic) bond motifs is 3. The number of thioether (sulfide) groups is 1. The number of ether oxygens (including phenoxy) is 1. The van der Waals surface area contributed by atoms with Crippen molar-refractivity contribution in [1.29, 1.82) is 0 Å². The summed E-state index contributed by atoms with van der Waals surface area (Å²) in [7, 11) is 1.62. The van der Waals surface area contributed by atoms with Crippen LogP contribution >= 0.6 is 11.8 Å². The van der Waals surface area contributed by atoms with Gasteiger partial charge in [0.2, 0.25) is 5.91 Å². The van der Waals surface area contributed by atoms with Crippen LogP contribution in [0.2, 0.25) is 0 Å². The summed E-state index contributed by atoms with van der Waals surface area (Å²) < 4.78 is 7.02. The predicted molar refractivity (Wildman–Crippen MR) is 95.4 cm³/mol. The van der Waals surface area contributed by atoms with Crippen LogP contribution in [0.25, 0.3) is 16.6 Å². The zero-order valence-corrected chi connectivity index (χ0v) is 14.8. The summed E-state index contributed by atoms with van der Waals surface area (Å²) in [6.45, 7) is 4.47. The van der Waals surface area contributed by atoms with E-state index in [0.29, 0.717) is 6.61 Å². The summed E-state index contributed by atoms with van der Waals surface area (Å²) in [5.74, 6) is 0.245. The van der Waals surface area contributed by atoms with Crippen LogP contribution in [-0.4, -0.2) is 46.0 Å². The summed E-state index contributed by atoms with van der Waals surface area (Å²) in [6.07, 6.45) is 0. The molecule has 0 radical (unpaired) electrons. The minimum atomic E-state index is -0.0438. The van der Waals surface area contributed by atoms with Gasteiger partial charge in [-0.25, -0.2) is 0 Å². The van der Waals surface area contributed by atoms with Gasteiger partial charge < -0.3 is 10.1 Å². The Labute approximate surface area is 144 Å². The second-order valence-corrected chi connectivity index (χ2v) is 6.68. The number of carbonyl (C=O) groups excluding carboxylic acids is 1. The van der Waals surface area contributed by atoms with Gasteiger partial charge in [-0.15, -0.1) is 10.2 Å². The van der Waals surface area contributed by atoms with Gasteiger partial charge in [0, 0.05) is 18.5 Å². The van der Waals surface area contributed by atoms with Crippen molar-refractivity contribution in [2.75, 3.05) is 19.5 Å². The van der Waals surface area contributed by atoms with Crippen molar-refractivity contribution in [2.24, 2.45) is 0 Å². The highest BCUT2D eigenvalue weighted by Gasteiger charge is 2.14. The van der Waals surface area contributed by atoms with E-state index < -0.39 is 0 Å². The van der Waals surface area contributed by atoms with E-state index in [4.69, 9.17) is 4.74 Å². The Bertz CT molecular complexity index is 878. The van der Waals surface area contributed by atoms with E-state index in [2.05, 4.69) is 28.5 Å². The van der Waals surface area contributed by atoms with Gasteiger partial charge in [0.05, 0.1) is 17.9 Å². The second kappa shape index (κ2) is 7.19. The number of pyridine rings is 1. The second-order valence-electron chi connectivity index (χ2n) is 5.73. The number of nitrogens with one attached hydrogen (secondary N) is 1. The molecular formula is C17H20N4O2S. The predicted octanol–water partition coefficient (Wildman–Crippen LogP) is 2.43. The fourth-order valence-electron chi connectivity index (χ4n) is 2.71. The molecule has 2 aromatic heterocycles. The molecule has 24 heavy (non-hydrogen) atoms. The third-order valence-corrected chi connectivity index (χ3v) is 4.66. The Morgan fingerprint density at radius 3 is 2.96 bits per heavy atom. The average Bonchev–Trinajstić information content (AvgIpc) is 2.96. The zero-order chi connectivity index (χ0) is 17.1. The molecule has 6 nitrogen and oxygen atoms in total. The van der Waals surface area contributed by atoms with Crippen LogP contribution in [0.5, 0.6) is 0 Å². The average molecular weight is 344 g/mol. The first-order valence-electron chi connectivity index (χ1n) is 7.74. The minimum Gasteiger partial charge on any atom is -0.383 e. The van der Waals surface area contributed by atoms with E-state index in [9.17, 15) is 4.79 Å². The molecule has 0 aliphatic rings. The minimum absolute atomic E-state index is 0.0123. The zero-order valence-electron chi connectivity index (χ0n) is 13.9. The van der Waals surface area contributed by atoms with Gasteiger partial charge in [-0.1, -0.05) is 30.0 Å². The van der Waals surface area contributed by atoms with E-state index in [-0.39, 0.29) is 17.7 Å². The molecule has 3 rings (SSSR count). The van der Waals surface area contributed by atoms with E-state index >= 15 is 0 Å². The fourth-order valence-corrected chi connectivity index (χ4v) is 3.47. The van der Waals surface area contributed by atoms with Crippen LogP contribution < -0.4 is 5.32 Å². The van der Waals surface area contributed by atoms with Crippen molar-refractivity contribution in [1.82, 2.24) is 19.9 Å². The Kier molecular flexibility index (Phi) is 5.01. The normalized spacial score (nSPS) is 12.6. The molecule has 2 heterocycles. The summed E-state index contributed by atoms with van der Waals surface area (Å²) >= 11 is 1.38. The smallest absolute Gasteiger partial charge is 0.230 e. The number of aromatic nitrogens is 3. The van der Waals surface area contributed by atoms with Crippen molar-refractivity contribution in [2.45, 2.75) is 25.0 Å². The van der Waals surface area contributed by atoms with E-state index in [1.165, 1.54) is 11.8 Å². The number of amides is 1. The first kappa shape index (κ1) is 16.7. The van der Waals surface area contributed by atoms with Gasteiger partial charge in [-0.2, -0.15) is 0 Å². The topological polar surface area (TPSA) is 68.5 Å². The van der Waals surface area contributed by atoms with E-state index in [1.807, 2.05) is 35.6 Å². The van der Waals surface area contributed by atoms with Gasteiger partial charge in [0.25, 0.3) is 0 Å². The molecule has 1 aromatic carbocycles. The number of rotatable bonds is 6. The third kappa shape index (κ3) is 3.37. The highest BCUT2D eigenvalue weighted by molar-refractivity contribution is 7.99. The fraction of sp³-hybridized carbons (Fsp3) is 0.353. The molecule has 3 aromatic rings. The Morgan fingerprint density at radius 1 is 1.38 bits per heavy atom. The molecule has 7 heteroatoms. The number of carbonyl (C=O) groups is 1. The number of hydrogen-bond acceptors (Lipinski definition) is 5. The number of para-hydroxylation sites is 1. The molecule has 0 spiro atoms. The monoisotopic (exact) mass is 344 g/mol. The third-order valence-electron chi connectivity index (χ3n) is 3.73. The quantitative estimate of drug-likeness (QED) is 0.696. The van der Waals surface area contributed by atoms with Crippen LogP contribution in [0.15, 0.2) is 35.5 Å². The largest absolute Gasteiger partial charge is 0.383 e. The lowest BCUT2D eigenvalue weighted by atomic mass is 10.1. The molecule has 0 bridgehead atoms. The lowest BCUT2D eigenvalue weighted by molar-refractivity contribution is -0.119. The maximum atomic E-state index is 12.0. The molecule has 1 N–H and O–H groups in total. The first-order valence-corrected chi connectivity index (χ1v) is 8.73. The molecule has 0 saturated heterocycles. The van der Waals surface area contributed by atoms with Crippen LogP contribution in [0, 0.1) is 6.92 Å². The van der Waals surface area contributed by atoms with Gasteiger partial charge in [0.15, 0.2) is 10.8 Å². The molecule has 126 valence electrons. The van der Waals surface area contributed by atoms with Gasteiger partial charge in [-0.3, -0.25) is 9.20 Å². The Morgan fingerprint density at radius 2 is 2.17 bits per heavy atom. The van der Waals surface area contributed by atoms with Gasteiger partial charge >= 0.3 is 0 Å². The van der Waals surface area contributed by atoms with E-state index in [0.717, 1.165) is 27.3 Å². The van der Waals surface area contributed by atoms with Crippen molar-refractivity contribution in [3.8, 4) is 0 Å².